The van der Waals surface area contributed by atoms with Crippen molar-refractivity contribution >= 4 is 16.6 Å². The van der Waals surface area contributed by atoms with Gasteiger partial charge in [-0.15, -0.1) is 0 Å². The highest BCUT2D eigenvalue weighted by Crippen LogP contribution is 2.30. The van der Waals surface area contributed by atoms with E-state index in [2.05, 4.69) is 17.1 Å². The van der Waals surface area contributed by atoms with Crippen LogP contribution in [0.25, 0.3) is 10.8 Å². The molecule has 0 saturated carbocycles. The number of nitrogens with zero attached hydrogens (tertiary/aromatic N) is 1. The number of Topliss-reactive ketones (excluding diaryl/α,β-unsaturated/α-hetero) is 1. The number of pyridine rings is 1. The predicted molar refractivity (Wildman–Crippen MR) is 116 cm³/mol. The fraction of sp³-hybridized carbons (Fsp3) is 0.154. The first-order valence-corrected chi connectivity index (χ1v) is 9.92. The molecule has 0 aliphatic heterocycles. The number of carbonyl (C=O) groups excluding carboxylic acids is 1. The lowest BCUT2D eigenvalue weighted by molar-refractivity contribution is 0.0977. The number of ether oxygens (including phenoxy) is 1. The lowest BCUT2D eigenvalue weighted by Gasteiger charge is -2.14. The summed E-state index contributed by atoms with van der Waals surface area (Å²) in [5.41, 5.74) is 2.91. The molecule has 0 amide bonds. The van der Waals surface area contributed by atoms with Gasteiger partial charge in [-0.25, -0.2) is 0 Å². The third kappa shape index (κ3) is 4.69. The summed E-state index contributed by atoms with van der Waals surface area (Å²) in [6.07, 6.45) is 5.72. The van der Waals surface area contributed by atoms with Crippen LogP contribution in [0.2, 0.25) is 0 Å². The van der Waals surface area contributed by atoms with Crippen molar-refractivity contribution in [2.75, 3.05) is 0 Å². The Balaban J connectivity index is 1.55. The second-order valence-electron chi connectivity index (χ2n) is 7.07. The second kappa shape index (κ2) is 9.16. The summed E-state index contributed by atoms with van der Waals surface area (Å²) in [6.45, 7) is 0.385. The van der Waals surface area contributed by atoms with Gasteiger partial charge in [-0.1, -0.05) is 66.7 Å². The molecular weight excluding hydrogens is 358 g/mol. The normalized spacial score (nSPS) is 10.8. The first kappa shape index (κ1) is 18.9. The zero-order chi connectivity index (χ0) is 19.9. The van der Waals surface area contributed by atoms with Crippen molar-refractivity contribution in [2.24, 2.45) is 0 Å². The molecule has 144 valence electrons. The number of hydrogen-bond acceptors (Lipinski definition) is 3. The van der Waals surface area contributed by atoms with Gasteiger partial charge in [0.2, 0.25) is 0 Å². The van der Waals surface area contributed by atoms with Gasteiger partial charge in [0.05, 0.1) is 5.56 Å². The molecular formula is C26H23NO2. The number of rotatable bonds is 8. The van der Waals surface area contributed by atoms with Crippen molar-refractivity contribution in [3.63, 3.8) is 0 Å². The van der Waals surface area contributed by atoms with E-state index < -0.39 is 0 Å². The van der Waals surface area contributed by atoms with Crippen molar-refractivity contribution in [1.29, 1.82) is 0 Å². The minimum absolute atomic E-state index is 0.124. The molecule has 3 nitrogen and oxygen atoms in total. The van der Waals surface area contributed by atoms with Crippen LogP contribution in [0.5, 0.6) is 5.75 Å². The Hall–Kier alpha value is -3.46. The Morgan fingerprint density at radius 2 is 1.62 bits per heavy atom. The Morgan fingerprint density at radius 3 is 2.45 bits per heavy atom. The molecule has 0 unspecified atom stereocenters. The maximum atomic E-state index is 13.2. The molecule has 0 saturated heterocycles. The van der Waals surface area contributed by atoms with Crippen LogP contribution in [-0.2, 0) is 13.0 Å². The lowest BCUT2D eigenvalue weighted by Crippen LogP contribution is -2.06. The molecule has 1 aromatic heterocycles. The van der Waals surface area contributed by atoms with Crippen molar-refractivity contribution in [3.05, 3.63) is 108 Å². The van der Waals surface area contributed by atoms with Crippen molar-refractivity contribution in [1.82, 2.24) is 4.98 Å². The van der Waals surface area contributed by atoms with E-state index in [9.17, 15) is 4.79 Å². The van der Waals surface area contributed by atoms with Gasteiger partial charge in [0.1, 0.15) is 12.4 Å². The van der Waals surface area contributed by atoms with Crippen LogP contribution in [0, 0.1) is 0 Å². The summed E-state index contributed by atoms with van der Waals surface area (Å²) >= 11 is 0. The average Bonchev–Trinajstić information content (AvgIpc) is 2.78. The summed E-state index contributed by atoms with van der Waals surface area (Å²) < 4.78 is 6.06. The topological polar surface area (TPSA) is 39.2 Å². The number of hydrogen-bond donors (Lipinski definition) is 0. The van der Waals surface area contributed by atoms with Gasteiger partial charge in [0, 0.05) is 24.4 Å². The van der Waals surface area contributed by atoms with Gasteiger partial charge in [-0.3, -0.25) is 9.78 Å². The van der Waals surface area contributed by atoms with E-state index in [0.717, 1.165) is 29.2 Å². The van der Waals surface area contributed by atoms with Crippen LogP contribution < -0.4 is 4.74 Å². The van der Waals surface area contributed by atoms with Gasteiger partial charge in [0.25, 0.3) is 0 Å². The zero-order valence-corrected chi connectivity index (χ0v) is 16.3. The van der Waals surface area contributed by atoms with Gasteiger partial charge in [-0.05, 0) is 41.3 Å². The molecule has 0 spiro atoms. The van der Waals surface area contributed by atoms with Crippen LogP contribution >= 0.6 is 0 Å². The minimum atomic E-state index is 0.124. The smallest absolute Gasteiger partial charge is 0.167 e. The standard InChI is InChI=1S/C26H23NO2/c28-24(14-6-10-20-8-2-1-3-9-20)26-23-13-5-4-12-22(23)15-16-25(26)29-19-21-11-7-17-27-18-21/h1-5,7-9,11-13,15-18H,6,10,14,19H2. The van der Waals surface area contributed by atoms with Crippen LogP contribution in [0.3, 0.4) is 0 Å². The first-order valence-electron chi connectivity index (χ1n) is 9.92. The highest BCUT2D eigenvalue weighted by molar-refractivity contribution is 6.10. The van der Waals surface area contributed by atoms with E-state index in [-0.39, 0.29) is 5.78 Å². The molecule has 0 aliphatic carbocycles. The quantitative estimate of drug-likeness (QED) is 0.350. The van der Waals surface area contributed by atoms with E-state index in [1.54, 1.807) is 12.4 Å². The molecule has 0 N–H and O–H groups in total. The van der Waals surface area contributed by atoms with Gasteiger partial charge in [-0.2, -0.15) is 0 Å². The molecule has 3 heteroatoms. The van der Waals surface area contributed by atoms with E-state index in [4.69, 9.17) is 4.74 Å². The fourth-order valence-corrected chi connectivity index (χ4v) is 3.53. The predicted octanol–water partition coefficient (Wildman–Crippen LogP) is 6.02. The van der Waals surface area contributed by atoms with Crippen LogP contribution in [-0.4, -0.2) is 10.8 Å². The van der Waals surface area contributed by atoms with E-state index in [1.165, 1.54) is 5.56 Å². The van der Waals surface area contributed by atoms with Crippen molar-refractivity contribution < 1.29 is 9.53 Å². The van der Waals surface area contributed by atoms with Gasteiger partial charge < -0.3 is 4.74 Å². The summed E-state index contributed by atoms with van der Waals surface area (Å²) in [5.74, 6) is 0.760. The molecule has 0 aliphatic rings. The third-order valence-corrected chi connectivity index (χ3v) is 5.00. The molecule has 0 radical (unpaired) electrons. The largest absolute Gasteiger partial charge is 0.488 e. The highest BCUT2D eigenvalue weighted by Gasteiger charge is 2.16. The molecule has 4 rings (SSSR count). The van der Waals surface area contributed by atoms with Crippen LogP contribution in [0.15, 0.2) is 91.3 Å². The highest BCUT2D eigenvalue weighted by atomic mass is 16.5. The SMILES string of the molecule is O=C(CCCc1ccccc1)c1c(OCc2cccnc2)ccc2ccccc12. The van der Waals surface area contributed by atoms with Crippen LogP contribution in [0.1, 0.15) is 34.3 Å². The average molecular weight is 381 g/mol. The number of fused-ring (bicyclic) bond motifs is 1. The van der Waals surface area contributed by atoms with Crippen LogP contribution in [0.4, 0.5) is 0 Å². The third-order valence-electron chi connectivity index (χ3n) is 5.00. The molecule has 29 heavy (non-hydrogen) atoms. The number of aryl methyl sites for hydroxylation is 1. The fourth-order valence-electron chi connectivity index (χ4n) is 3.53. The Labute approximate surface area is 171 Å². The molecule has 0 atom stereocenters. The summed E-state index contributed by atoms with van der Waals surface area (Å²) in [7, 11) is 0. The molecule has 1 heterocycles. The number of ketones is 1. The maximum Gasteiger partial charge on any atom is 0.167 e. The molecule has 3 aromatic carbocycles. The lowest BCUT2D eigenvalue weighted by atomic mass is 9.96. The summed E-state index contributed by atoms with van der Waals surface area (Å²) in [6, 6.07) is 26.0. The zero-order valence-electron chi connectivity index (χ0n) is 16.3. The Bertz CT molecular complexity index is 1090. The first-order chi connectivity index (χ1) is 14.3. The second-order valence-corrected chi connectivity index (χ2v) is 7.07. The van der Waals surface area contributed by atoms with Gasteiger partial charge >= 0.3 is 0 Å². The van der Waals surface area contributed by atoms with Crippen molar-refractivity contribution in [3.8, 4) is 5.75 Å². The Kier molecular flexibility index (Phi) is 5.96. The summed E-state index contributed by atoms with van der Waals surface area (Å²) in [4.78, 5) is 17.3. The number of aromatic nitrogens is 1. The van der Waals surface area contributed by atoms with E-state index in [0.29, 0.717) is 24.3 Å². The molecule has 0 fully saturated rings. The maximum absolute atomic E-state index is 13.2. The van der Waals surface area contributed by atoms with Gasteiger partial charge in [0.15, 0.2) is 5.78 Å². The van der Waals surface area contributed by atoms with E-state index in [1.807, 2.05) is 66.7 Å². The van der Waals surface area contributed by atoms with Crippen molar-refractivity contribution in [2.45, 2.75) is 25.9 Å². The Morgan fingerprint density at radius 1 is 0.828 bits per heavy atom. The minimum Gasteiger partial charge on any atom is -0.488 e. The number of carbonyl (C=O) groups is 1. The molecule has 0 bridgehead atoms. The molecule has 4 aromatic rings. The number of benzene rings is 3. The van der Waals surface area contributed by atoms with E-state index >= 15 is 0 Å². The summed E-state index contributed by atoms with van der Waals surface area (Å²) in [5, 5.41) is 1.99. The monoisotopic (exact) mass is 381 g/mol.